The van der Waals surface area contributed by atoms with Crippen LogP contribution < -0.4 is 9.47 Å². The van der Waals surface area contributed by atoms with E-state index in [-0.39, 0.29) is 0 Å². The summed E-state index contributed by atoms with van der Waals surface area (Å²) in [6, 6.07) is 36.8. The van der Waals surface area contributed by atoms with Crippen molar-refractivity contribution in [3.63, 3.8) is 0 Å². The highest BCUT2D eigenvalue weighted by molar-refractivity contribution is 5.76. The molecule has 0 unspecified atom stereocenters. The van der Waals surface area contributed by atoms with Crippen molar-refractivity contribution in [3.8, 4) is 67.7 Å². The van der Waals surface area contributed by atoms with Crippen molar-refractivity contribution < 1.29 is 9.47 Å². The third-order valence-corrected chi connectivity index (χ3v) is 6.59. The summed E-state index contributed by atoms with van der Waals surface area (Å²) in [6.45, 7) is 0. The predicted molar refractivity (Wildman–Crippen MR) is 151 cm³/mol. The summed E-state index contributed by atoms with van der Waals surface area (Å²) in [6.07, 6.45) is 0. The first-order valence-electron chi connectivity index (χ1n) is 12.3. The van der Waals surface area contributed by atoms with Crippen LogP contribution in [0.5, 0.6) is 11.5 Å². The monoisotopic (exact) mass is 498 g/mol. The van der Waals surface area contributed by atoms with E-state index in [1.807, 2.05) is 54.6 Å². The minimum atomic E-state index is 0.810. The minimum Gasteiger partial charge on any atom is -0.497 e. The number of benzene rings is 4. The van der Waals surface area contributed by atoms with Crippen LogP contribution in [0.15, 0.2) is 109 Å². The molecule has 0 amide bonds. The summed E-state index contributed by atoms with van der Waals surface area (Å²) in [7, 11) is 3.35. The number of ether oxygens (including phenoxy) is 2. The highest BCUT2D eigenvalue weighted by Gasteiger charge is 2.11. The molecule has 0 aliphatic heterocycles. The van der Waals surface area contributed by atoms with Crippen LogP contribution in [0.2, 0.25) is 0 Å². The van der Waals surface area contributed by atoms with E-state index in [2.05, 4.69) is 75.0 Å². The van der Waals surface area contributed by atoms with Gasteiger partial charge in [0.2, 0.25) is 0 Å². The van der Waals surface area contributed by atoms with E-state index in [1.54, 1.807) is 14.2 Å². The normalized spacial score (nSPS) is 10.9. The number of hydrogen-bond donors (Lipinski definition) is 2. The Balaban J connectivity index is 1.23. The molecule has 0 saturated heterocycles. The molecular weight excluding hydrogens is 472 g/mol. The van der Waals surface area contributed by atoms with Crippen LogP contribution in [0.3, 0.4) is 0 Å². The van der Waals surface area contributed by atoms with Gasteiger partial charge in [0, 0.05) is 16.7 Å². The quantitative estimate of drug-likeness (QED) is 0.239. The molecule has 186 valence electrons. The first-order valence-corrected chi connectivity index (χ1v) is 12.3. The van der Waals surface area contributed by atoms with Gasteiger partial charge in [0.05, 0.1) is 37.0 Å². The highest BCUT2D eigenvalue weighted by atomic mass is 16.5. The third-order valence-electron chi connectivity index (χ3n) is 6.59. The fourth-order valence-corrected chi connectivity index (χ4v) is 4.51. The summed E-state index contributed by atoms with van der Waals surface area (Å²) in [4.78, 5) is 0. The van der Waals surface area contributed by atoms with Gasteiger partial charge in [-0.25, -0.2) is 0 Å². The van der Waals surface area contributed by atoms with Crippen molar-refractivity contribution in [1.29, 1.82) is 0 Å². The largest absolute Gasteiger partial charge is 0.497 e. The topological polar surface area (TPSA) is 75.8 Å². The van der Waals surface area contributed by atoms with Gasteiger partial charge in [-0.1, -0.05) is 66.7 Å². The molecule has 2 heterocycles. The molecule has 0 bridgehead atoms. The van der Waals surface area contributed by atoms with Crippen molar-refractivity contribution >= 4 is 0 Å². The number of aromatic amines is 2. The maximum Gasteiger partial charge on any atom is 0.119 e. The van der Waals surface area contributed by atoms with E-state index in [1.165, 1.54) is 0 Å². The molecule has 6 aromatic rings. The van der Waals surface area contributed by atoms with Crippen LogP contribution in [0.4, 0.5) is 0 Å². The lowest BCUT2D eigenvalue weighted by atomic mass is 10.0. The van der Waals surface area contributed by atoms with Crippen molar-refractivity contribution in [2.24, 2.45) is 0 Å². The molecule has 4 aromatic carbocycles. The third kappa shape index (κ3) is 4.67. The van der Waals surface area contributed by atoms with Crippen LogP contribution in [0, 0.1) is 0 Å². The lowest BCUT2D eigenvalue weighted by molar-refractivity contribution is 0.415. The zero-order valence-electron chi connectivity index (χ0n) is 21.1. The molecule has 0 aliphatic rings. The number of hydrogen-bond acceptors (Lipinski definition) is 4. The maximum atomic E-state index is 5.36. The zero-order valence-corrected chi connectivity index (χ0v) is 21.1. The van der Waals surface area contributed by atoms with E-state index in [4.69, 9.17) is 9.47 Å². The Morgan fingerprint density at radius 1 is 0.447 bits per heavy atom. The van der Waals surface area contributed by atoms with Crippen LogP contribution >= 0.6 is 0 Å². The van der Waals surface area contributed by atoms with Crippen molar-refractivity contribution in [2.45, 2.75) is 0 Å². The number of methoxy groups -OCH3 is 2. The molecule has 0 fully saturated rings. The SMILES string of the molecule is COc1cccc(-c2ccc(-c3cc(-c4cccc(-c5cc(-c6cccc(OC)c6)[nH]n5)c4)n[nH]3)cc2)c1. The summed E-state index contributed by atoms with van der Waals surface area (Å²) in [5.41, 5.74) is 10.0. The first kappa shape index (κ1) is 23.3. The van der Waals surface area contributed by atoms with Gasteiger partial charge >= 0.3 is 0 Å². The van der Waals surface area contributed by atoms with Crippen LogP contribution in [-0.4, -0.2) is 34.6 Å². The van der Waals surface area contributed by atoms with Crippen LogP contribution in [-0.2, 0) is 0 Å². The van der Waals surface area contributed by atoms with E-state index in [0.29, 0.717) is 0 Å². The van der Waals surface area contributed by atoms with E-state index < -0.39 is 0 Å². The first-order chi connectivity index (χ1) is 18.7. The Bertz CT molecular complexity index is 1700. The van der Waals surface area contributed by atoms with Gasteiger partial charge in [-0.3, -0.25) is 10.2 Å². The van der Waals surface area contributed by atoms with Gasteiger partial charge in [-0.2, -0.15) is 10.2 Å². The molecule has 6 nitrogen and oxygen atoms in total. The molecule has 0 aliphatic carbocycles. The van der Waals surface area contributed by atoms with Gasteiger partial charge < -0.3 is 9.47 Å². The van der Waals surface area contributed by atoms with Gasteiger partial charge in [-0.15, -0.1) is 0 Å². The number of nitrogens with zero attached hydrogens (tertiary/aromatic N) is 2. The lowest BCUT2D eigenvalue weighted by Gasteiger charge is -2.05. The molecule has 0 saturated carbocycles. The van der Waals surface area contributed by atoms with Gasteiger partial charge in [-0.05, 0) is 59.2 Å². The molecule has 0 spiro atoms. The Hall–Kier alpha value is -5.10. The average Bonchev–Trinajstić information content (AvgIpc) is 3.69. The van der Waals surface area contributed by atoms with Crippen LogP contribution in [0.1, 0.15) is 0 Å². The van der Waals surface area contributed by atoms with Crippen molar-refractivity contribution in [1.82, 2.24) is 20.4 Å². The highest BCUT2D eigenvalue weighted by Crippen LogP contribution is 2.31. The van der Waals surface area contributed by atoms with Crippen molar-refractivity contribution in [2.75, 3.05) is 14.2 Å². The fourth-order valence-electron chi connectivity index (χ4n) is 4.51. The van der Waals surface area contributed by atoms with Gasteiger partial charge in [0.25, 0.3) is 0 Å². The Labute approximate surface area is 220 Å². The summed E-state index contributed by atoms with van der Waals surface area (Å²) in [5, 5.41) is 15.5. The molecule has 0 radical (unpaired) electrons. The Morgan fingerprint density at radius 3 is 1.53 bits per heavy atom. The van der Waals surface area contributed by atoms with E-state index >= 15 is 0 Å². The standard InChI is InChI=1S/C32H26N4O2/c1-37-27-10-4-6-23(17-27)21-12-14-22(15-13-21)29-19-30(34-33-29)24-7-3-8-25(16-24)31-20-32(36-35-31)26-9-5-11-28(18-26)38-2/h3-20H,1-2H3,(H,33,34)(H,35,36). The molecule has 0 atom stereocenters. The number of aromatic nitrogens is 4. The van der Waals surface area contributed by atoms with Crippen LogP contribution in [0.25, 0.3) is 56.2 Å². The Kier molecular flexibility index (Phi) is 6.20. The number of nitrogens with one attached hydrogen (secondary N) is 2. The van der Waals surface area contributed by atoms with E-state index in [9.17, 15) is 0 Å². The van der Waals surface area contributed by atoms with Crippen molar-refractivity contribution in [3.05, 3.63) is 109 Å². The molecule has 6 heteroatoms. The number of rotatable bonds is 7. The molecule has 38 heavy (non-hydrogen) atoms. The second-order valence-corrected chi connectivity index (χ2v) is 8.96. The minimum absolute atomic E-state index is 0.810. The molecule has 2 N–H and O–H groups in total. The second kappa shape index (κ2) is 10.1. The molecule has 6 rings (SSSR count). The fraction of sp³-hybridized carbons (Fsp3) is 0.0625. The predicted octanol–water partition coefficient (Wildman–Crippen LogP) is 7.49. The van der Waals surface area contributed by atoms with E-state index in [0.717, 1.165) is 67.7 Å². The second-order valence-electron chi connectivity index (χ2n) is 8.96. The van der Waals surface area contributed by atoms with Gasteiger partial charge in [0.15, 0.2) is 0 Å². The number of H-pyrrole nitrogens is 2. The molecule has 2 aromatic heterocycles. The summed E-state index contributed by atoms with van der Waals surface area (Å²) >= 11 is 0. The smallest absolute Gasteiger partial charge is 0.119 e. The van der Waals surface area contributed by atoms with Gasteiger partial charge in [0.1, 0.15) is 11.5 Å². The molecular formula is C32H26N4O2. The Morgan fingerprint density at radius 2 is 0.921 bits per heavy atom. The summed E-state index contributed by atoms with van der Waals surface area (Å²) in [5.74, 6) is 1.66. The lowest BCUT2D eigenvalue weighted by Crippen LogP contribution is -1.84. The maximum absolute atomic E-state index is 5.36. The summed E-state index contributed by atoms with van der Waals surface area (Å²) < 4.78 is 10.7. The average molecular weight is 499 g/mol. The zero-order chi connectivity index (χ0) is 25.9.